The third kappa shape index (κ3) is 5.12. The second-order valence-corrected chi connectivity index (χ2v) is 9.67. The lowest BCUT2D eigenvalue weighted by molar-refractivity contribution is -0.138. The van der Waals surface area contributed by atoms with Gasteiger partial charge < -0.3 is 20.9 Å². The van der Waals surface area contributed by atoms with Crippen molar-refractivity contribution in [2.75, 3.05) is 13.1 Å². The highest BCUT2D eigenvalue weighted by Gasteiger charge is 2.52. The molecule has 4 atom stereocenters. The third-order valence-electron chi connectivity index (χ3n) is 6.76. The monoisotopic (exact) mass is 476 g/mol. The van der Waals surface area contributed by atoms with E-state index < -0.39 is 24.2 Å². The number of ketones is 1. The number of hydrogen-bond donors (Lipinski definition) is 2. The number of likely N-dealkylation sites (tertiary alicyclic amines) is 2. The summed E-state index contributed by atoms with van der Waals surface area (Å²) in [7, 11) is 0. The number of fused-ring (bicyclic) bond motifs is 1. The maximum atomic E-state index is 13.6. The average Bonchev–Trinajstić information content (AvgIpc) is 3.44. The minimum absolute atomic E-state index is 0.0658. The lowest BCUT2D eigenvalue weighted by Gasteiger charge is -2.29. The van der Waals surface area contributed by atoms with Crippen molar-refractivity contribution in [2.45, 2.75) is 50.9 Å². The fourth-order valence-corrected chi connectivity index (χ4v) is 5.06. The predicted molar refractivity (Wildman–Crippen MR) is 131 cm³/mol. The molecule has 0 aliphatic carbocycles. The number of Topliss-reactive ketones (excluding diaryl/α,β-unsaturated/α-hetero) is 1. The van der Waals surface area contributed by atoms with Crippen molar-refractivity contribution in [3.05, 3.63) is 71.8 Å². The van der Waals surface area contributed by atoms with E-state index in [0.717, 1.165) is 0 Å². The number of benzene rings is 2. The Morgan fingerprint density at radius 1 is 0.971 bits per heavy atom. The highest BCUT2D eigenvalue weighted by Crippen LogP contribution is 2.32. The van der Waals surface area contributed by atoms with Crippen LogP contribution in [0.25, 0.3) is 0 Å². The number of nitrogens with one attached hydrogen (secondary N) is 1. The van der Waals surface area contributed by atoms with E-state index in [1.54, 1.807) is 41.3 Å². The van der Waals surface area contributed by atoms with Crippen molar-refractivity contribution in [3.63, 3.8) is 0 Å². The lowest BCUT2D eigenvalue weighted by Crippen LogP contribution is -2.53. The summed E-state index contributed by atoms with van der Waals surface area (Å²) in [6.45, 7) is 4.24. The average molecular weight is 477 g/mol. The number of rotatable bonds is 7. The molecule has 2 aromatic rings. The first-order valence-electron chi connectivity index (χ1n) is 12.1. The molecule has 2 aliphatic heterocycles. The van der Waals surface area contributed by atoms with Crippen LogP contribution in [-0.4, -0.2) is 64.5 Å². The van der Waals surface area contributed by atoms with Crippen LogP contribution in [0.2, 0.25) is 0 Å². The maximum absolute atomic E-state index is 13.6. The SMILES string of the molecule is CC(C)C[C@H](NC(=O)c1ccccc1)C(=O)N1CCC2C1C(=O)CN2C(=O)[C@H](N)c1ccccc1. The molecule has 2 heterocycles. The number of nitrogens with two attached hydrogens (primary N) is 1. The van der Waals surface area contributed by atoms with Crippen molar-refractivity contribution in [1.82, 2.24) is 15.1 Å². The van der Waals surface area contributed by atoms with Gasteiger partial charge in [0.2, 0.25) is 11.8 Å². The molecule has 184 valence electrons. The fourth-order valence-electron chi connectivity index (χ4n) is 5.06. The zero-order valence-corrected chi connectivity index (χ0v) is 20.1. The van der Waals surface area contributed by atoms with Crippen LogP contribution < -0.4 is 11.1 Å². The number of hydrogen-bond acceptors (Lipinski definition) is 5. The maximum Gasteiger partial charge on any atom is 0.251 e. The van der Waals surface area contributed by atoms with Gasteiger partial charge in [-0.15, -0.1) is 0 Å². The first kappa shape index (κ1) is 24.6. The molecule has 2 fully saturated rings. The topological polar surface area (TPSA) is 113 Å². The summed E-state index contributed by atoms with van der Waals surface area (Å²) in [4.78, 5) is 55.7. The van der Waals surface area contributed by atoms with Gasteiger partial charge in [-0.05, 0) is 36.5 Å². The van der Waals surface area contributed by atoms with Crippen molar-refractivity contribution < 1.29 is 19.2 Å². The van der Waals surface area contributed by atoms with Crippen LogP contribution in [0.15, 0.2) is 60.7 Å². The minimum Gasteiger partial charge on any atom is -0.340 e. The molecule has 3 N–H and O–H groups in total. The summed E-state index contributed by atoms with van der Waals surface area (Å²) < 4.78 is 0. The molecule has 0 radical (unpaired) electrons. The Balaban J connectivity index is 1.50. The van der Waals surface area contributed by atoms with Crippen LogP contribution in [0.4, 0.5) is 0 Å². The van der Waals surface area contributed by atoms with Gasteiger partial charge in [-0.1, -0.05) is 62.4 Å². The number of amides is 3. The Morgan fingerprint density at radius 3 is 2.23 bits per heavy atom. The second-order valence-electron chi connectivity index (χ2n) is 9.67. The molecule has 35 heavy (non-hydrogen) atoms. The standard InChI is InChI=1S/C27H32N4O4/c1-17(2)15-20(29-25(33)19-11-7-4-8-12-19)26(34)30-14-13-21-24(30)22(32)16-31(21)27(35)23(28)18-9-5-3-6-10-18/h3-12,17,20-21,23-24H,13-16,28H2,1-2H3,(H,29,33)/t20-,21?,23+,24?/m0/s1. The van der Waals surface area contributed by atoms with Crippen molar-refractivity contribution >= 4 is 23.5 Å². The molecular formula is C27H32N4O4. The van der Waals surface area contributed by atoms with Crippen LogP contribution in [0.3, 0.4) is 0 Å². The zero-order chi connectivity index (χ0) is 25.1. The van der Waals surface area contributed by atoms with Gasteiger partial charge in [0.05, 0.1) is 12.6 Å². The first-order chi connectivity index (χ1) is 16.8. The Bertz CT molecular complexity index is 1090. The van der Waals surface area contributed by atoms with E-state index in [4.69, 9.17) is 5.73 Å². The summed E-state index contributed by atoms with van der Waals surface area (Å²) in [6.07, 6.45) is 0.942. The van der Waals surface area contributed by atoms with E-state index in [2.05, 4.69) is 5.32 Å². The minimum atomic E-state index is -0.869. The van der Waals surface area contributed by atoms with Gasteiger partial charge in [0.15, 0.2) is 5.78 Å². The number of carbonyl (C=O) groups excluding carboxylic acids is 4. The Labute approximate surface area is 205 Å². The van der Waals surface area contributed by atoms with E-state index in [1.165, 1.54) is 4.90 Å². The van der Waals surface area contributed by atoms with Crippen LogP contribution in [0.1, 0.15) is 48.7 Å². The fraction of sp³-hybridized carbons (Fsp3) is 0.407. The molecule has 2 saturated heterocycles. The Morgan fingerprint density at radius 2 is 1.60 bits per heavy atom. The summed E-state index contributed by atoms with van der Waals surface area (Å²) in [5.74, 6) is -0.955. The third-order valence-corrected chi connectivity index (χ3v) is 6.76. The van der Waals surface area contributed by atoms with Gasteiger partial charge >= 0.3 is 0 Å². The summed E-state index contributed by atoms with van der Waals surface area (Å²) >= 11 is 0. The van der Waals surface area contributed by atoms with Crippen molar-refractivity contribution in [2.24, 2.45) is 11.7 Å². The molecule has 2 unspecified atom stereocenters. The summed E-state index contributed by atoms with van der Waals surface area (Å²) in [5, 5.41) is 2.87. The quantitative estimate of drug-likeness (QED) is 0.634. The Kier molecular flexibility index (Phi) is 7.31. The molecule has 0 saturated carbocycles. The normalized spacial score (nSPS) is 21.1. The largest absolute Gasteiger partial charge is 0.340 e. The number of nitrogens with zero attached hydrogens (tertiary/aromatic N) is 2. The number of carbonyl (C=O) groups is 4. The molecule has 3 amide bonds. The molecule has 0 spiro atoms. The van der Waals surface area contributed by atoms with E-state index in [9.17, 15) is 19.2 Å². The van der Waals surface area contributed by atoms with Gasteiger partial charge in [0, 0.05) is 12.1 Å². The van der Waals surface area contributed by atoms with Gasteiger partial charge in [0.1, 0.15) is 18.1 Å². The van der Waals surface area contributed by atoms with Crippen LogP contribution in [-0.2, 0) is 14.4 Å². The molecule has 8 heteroatoms. The highest BCUT2D eigenvalue weighted by atomic mass is 16.2. The smallest absolute Gasteiger partial charge is 0.251 e. The van der Waals surface area contributed by atoms with Crippen LogP contribution >= 0.6 is 0 Å². The van der Waals surface area contributed by atoms with Crippen molar-refractivity contribution in [3.8, 4) is 0 Å². The van der Waals surface area contributed by atoms with Crippen LogP contribution in [0, 0.1) is 5.92 Å². The van der Waals surface area contributed by atoms with Gasteiger partial charge in [0.25, 0.3) is 5.91 Å². The summed E-state index contributed by atoms with van der Waals surface area (Å²) in [6, 6.07) is 15.0. The van der Waals surface area contributed by atoms with E-state index in [0.29, 0.717) is 30.5 Å². The van der Waals surface area contributed by atoms with E-state index in [1.807, 2.05) is 38.1 Å². The van der Waals surface area contributed by atoms with Crippen LogP contribution in [0.5, 0.6) is 0 Å². The van der Waals surface area contributed by atoms with Gasteiger partial charge in [-0.2, -0.15) is 0 Å². The van der Waals surface area contributed by atoms with Gasteiger partial charge in [-0.3, -0.25) is 19.2 Å². The molecule has 8 nitrogen and oxygen atoms in total. The molecule has 0 bridgehead atoms. The second kappa shape index (κ2) is 10.4. The zero-order valence-electron chi connectivity index (χ0n) is 20.1. The molecular weight excluding hydrogens is 444 g/mol. The summed E-state index contributed by atoms with van der Waals surface area (Å²) in [5.41, 5.74) is 7.37. The van der Waals surface area contributed by atoms with Crippen molar-refractivity contribution in [1.29, 1.82) is 0 Å². The highest BCUT2D eigenvalue weighted by molar-refractivity contribution is 6.01. The molecule has 0 aromatic heterocycles. The van der Waals surface area contributed by atoms with E-state index >= 15 is 0 Å². The molecule has 4 rings (SSSR count). The lowest BCUT2D eigenvalue weighted by atomic mass is 10.0. The van der Waals surface area contributed by atoms with E-state index in [-0.39, 0.29) is 36.0 Å². The predicted octanol–water partition coefficient (Wildman–Crippen LogP) is 1.91. The molecule has 2 aromatic carbocycles. The Hall–Kier alpha value is -3.52. The van der Waals surface area contributed by atoms with Gasteiger partial charge in [-0.25, -0.2) is 0 Å². The molecule has 2 aliphatic rings. The first-order valence-corrected chi connectivity index (χ1v) is 12.1.